The van der Waals surface area contributed by atoms with Crippen LogP contribution in [0.5, 0.6) is 0 Å². The molecule has 1 fully saturated rings. The second kappa shape index (κ2) is 5.22. The molecule has 0 saturated carbocycles. The Morgan fingerprint density at radius 1 is 1.35 bits per heavy atom. The molecule has 0 amide bonds. The molecule has 0 aromatic heterocycles. The number of ether oxygens (including phenoxy) is 2. The van der Waals surface area contributed by atoms with E-state index in [0.29, 0.717) is 6.61 Å². The maximum Gasteiger partial charge on any atom is 0.192 e. The summed E-state index contributed by atoms with van der Waals surface area (Å²) in [7, 11) is -0.0840. The monoisotopic (exact) mass is 258 g/mol. The highest BCUT2D eigenvalue weighted by molar-refractivity contribution is 6.74. The van der Waals surface area contributed by atoms with Crippen molar-refractivity contribution in [2.24, 2.45) is 0 Å². The maximum atomic E-state index is 6.39. The number of methoxy groups -OCH3 is 1. The van der Waals surface area contributed by atoms with E-state index in [2.05, 4.69) is 40.4 Å². The molecule has 0 unspecified atom stereocenters. The van der Waals surface area contributed by atoms with E-state index in [9.17, 15) is 0 Å². The average Bonchev–Trinajstić information content (AvgIpc) is 2.57. The molecule has 0 spiro atoms. The van der Waals surface area contributed by atoms with Crippen LogP contribution < -0.4 is 0 Å². The van der Waals surface area contributed by atoms with Crippen LogP contribution in [0.4, 0.5) is 0 Å². The quantitative estimate of drug-likeness (QED) is 0.573. The molecule has 3 nitrogen and oxygen atoms in total. The molecule has 1 aliphatic heterocycles. The van der Waals surface area contributed by atoms with Gasteiger partial charge in [-0.2, -0.15) is 0 Å². The Kier molecular flexibility index (Phi) is 4.58. The average molecular weight is 258 g/mol. The third-order valence-electron chi connectivity index (χ3n) is 3.92. The molecule has 1 saturated heterocycles. The fraction of sp³-hybridized carbons (Fsp3) is 0.846. The lowest BCUT2D eigenvalue weighted by Gasteiger charge is -2.40. The largest absolute Gasteiger partial charge is 0.408 e. The van der Waals surface area contributed by atoms with Crippen LogP contribution in [-0.4, -0.2) is 40.3 Å². The topological polar surface area (TPSA) is 27.7 Å². The van der Waals surface area contributed by atoms with Crippen LogP contribution in [0.25, 0.3) is 0 Å². The Bertz CT molecular complexity index is 270. The van der Waals surface area contributed by atoms with Gasteiger partial charge in [0.15, 0.2) is 8.32 Å². The van der Waals surface area contributed by atoms with Gasteiger partial charge in [-0.25, -0.2) is 0 Å². The van der Waals surface area contributed by atoms with E-state index in [-0.39, 0.29) is 23.4 Å². The van der Waals surface area contributed by atoms with Crippen LogP contribution >= 0.6 is 0 Å². The van der Waals surface area contributed by atoms with E-state index in [1.807, 2.05) is 6.08 Å². The van der Waals surface area contributed by atoms with Gasteiger partial charge in [0, 0.05) is 7.11 Å². The molecule has 0 aromatic rings. The molecular weight excluding hydrogens is 232 g/mol. The number of hydrogen-bond acceptors (Lipinski definition) is 3. The summed E-state index contributed by atoms with van der Waals surface area (Å²) in [4.78, 5) is 0. The van der Waals surface area contributed by atoms with E-state index in [4.69, 9.17) is 13.9 Å². The number of hydrogen-bond donors (Lipinski definition) is 0. The fourth-order valence-corrected chi connectivity index (χ4v) is 2.99. The summed E-state index contributed by atoms with van der Waals surface area (Å²) < 4.78 is 17.5. The first-order chi connectivity index (χ1) is 7.73. The van der Waals surface area contributed by atoms with Crippen molar-refractivity contribution in [3.63, 3.8) is 0 Å². The first-order valence-corrected chi connectivity index (χ1v) is 9.08. The molecule has 17 heavy (non-hydrogen) atoms. The number of rotatable bonds is 4. The lowest BCUT2D eigenvalue weighted by molar-refractivity contribution is 0.0209. The van der Waals surface area contributed by atoms with Gasteiger partial charge in [0.1, 0.15) is 18.3 Å². The van der Waals surface area contributed by atoms with Gasteiger partial charge < -0.3 is 13.9 Å². The molecule has 1 rings (SSSR count). The summed E-state index contributed by atoms with van der Waals surface area (Å²) in [6.45, 7) is 15.6. The first kappa shape index (κ1) is 14.9. The molecule has 0 bridgehead atoms. The lowest BCUT2D eigenvalue weighted by Crippen LogP contribution is -2.48. The Morgan fingerprint density at radius 2 is 1.94 bits per heavy atom. The van der Waals surface area contributed by atoms with Crippen molar-refractivity contribution >= 4 is 8.32 Å². The third kappa shape index (κ3) is 3.19. The predicted octanol–water partition coefficient (Wildman–Crippen LogP) is 2.98. The van der Waals surface area contributed by atoms with Crippen LogP contribution in [0.1, 0.15) is 20.8 Å². The molecule has 3 atom stereocenters. The molecule has 0 N–H and O–H groups in total. The Morgan fingerprint density at radius 3 is 2.35 bits per heavy atom. The summed E-state index contributed by atoms with van der Waals surface area (Å²) in [5.41, 5.74) is 0. The van der Waals surface area contributed by atoms with Gasteiger partial charge >= 0.3 is 0 Å². The summed E-state index contributed by atoms with van der Waals surface area (Å²) in [5.74, 6) is 0. The van der Waals surface area contributed by atoms with Gasteiger partial charge in [0.25, 0.3) is 0 Å². The van der Waals surface area contributed by atoms with Crippen molar-refractivity contribution in [2.75, 3.05) is 13.7 Å². The maximum absolute atomic E-state index is 6.39. The Hall–Kier alpha value is -0.163. The zero-order valence-corrected chi connectivity index (χ0v) is 12.9. The highest BCUT2D eigenvalue weighted by atomic mass is 28.4. The fourth-order valence-electron chi connectivity index (χ4n) is 1.67. The van der Waals surface area contributed by atoms with Crippen molar-refractivity contribution in [3.8, 4) is 0 Å². The van der Waals surface area contributed by atoms with Crippen molar-refractivity contribution in [2.45, 2.75) is 57.2 Å². The lowest BCUT2D eigenvalue weighted by atomic mass is 10.1. The summed E-state index contributed by atoms with van der Waals surface area (Å²) in [6.07, 6.45) is 1.77. The third-order valence-corrected chi connectivity index (χ3v) is 8.39. The van der Waals surface area contributed by atoms with Gasteiger partial charge in [0.05, 0.1) is 6.61 Å². The van der Waals surface area contributed by atoms with Gasteiger partial charge in [-0.3, -0.25) is 0 Å². The van der Waals surface area contributed by atoms with Crippen molar-refractivity contribution in [1.29, 1.82) is 0 Å². The standard InChI is InChI=1S/C13H26O3Si/c1-8-10-12(11(14-5)9-15-10)16-17(6,7)13(2,3)4/h8,10-12H,1,9H2,2-7H3/t10-,11-,12-/m1/s1. The van der Waals surface area contributed by atoms with E-state index in [1.165, 1.54) is 0 Å². The molecule has 4 heteroatoms. The minimum absolute atomic E-state index is 0.0154. The highest BCUT2D eigenvalue weighted by Gasteiger charge is 2.45. The van der Waals surface area contributed by atoms with Crippen molar-refractivity contribution in [1.82, 2.24) is 0 Å². The van der Waals surface area contributed by atoms with Gasteiger partial charge in [0.2, 0.25) is 0 Å². The molecule has 0 radical (unpaired) electrons. The summed E-state index contributed by atoms with van der Waals surface area (Å²) >= 11 is 0. The second-order valence-corrected chi connectivity index (χ2v) is 10.9. The zero-order valence-electron chi connectivity index (χ0n) is 11.9. The molecular formula is C13H26O3Si. The van der Waals surface area contributed by atoms with Gasteiger partial charge in [-0.05, 0) is 18.1 Å². The van der Waals surface area contributed by atoms with Crippen LogP contribution in [-0.2, 0) is 13.9 Å². The van der Waals surface area contributed by atoms with Crippen LogP contribution in [0.2, 0.25) is 18.1 Å². The highest BCUT2D eigenvalue weighted by Crippen LogP contribution is 2.39. The van der Waals surface area contributed by atoms with Crippen molar-refractivity contribution < 1.29 is 13.9 Å². The van der Waals surface area contributed by atoms with E-state index < -0.39 is 8.32 Å². The van der Waals surface area contributed by atoms with Gasteiger partial charge in [-0.1, -0.05) is 26.8 Å². The van der Waals surface area contributed by atoms with Crippen molar-refractivity contribution in [3.05, 3.63) is 12.7 Å². The van der Waals surface area contributed by atoms with Crippen LogP contribution in [0, 0.1) is 0 Å². The predicted molar refractivity (Wildman–Crippen MR) is 72.8 cm³/mol. The van der Waals surface area contributed by atoms with E-state index in [1.54, 1.807) is 7.11 Å². The summed E-state index contributed by atoms with van der Waals surface area (Å²) in [6, 6.07) is 0. The smallest absolute Gasteiger partial charge is 0.192 e. The van der Waals surface area contributed by atoms with E-state index in [0.717, 1.165) is 0 Å². The Labute approximate surface area is 106 Å². The van der Waals surface area contributed by atoms with Crippen LogP contribution in [0.15, 0.2) is 12.7 Å². The minimum Gasteiger partial charge on any atom is -0.408 e. The van der Waals surface area contributed by atoms with Crippen LogP contribution in [0.3, 0.4) is 0 Å². The molecule has 100 valence electrons. The SMILES string of the molecule is C=C[C@H]1OC[C@@H](OC)[C@@H]1O[Si](C)(C)C(C)(C)C. The molecule has 1 aliphatic rings. The minimum atomic E-state index is -1.79. The first-order valence-electron chi connectivity index (χ1n) is 6.17. The Balaban J connectivity index is 2.80. The molecule has 1 heterocycles. The summed E-state index contributed by atoms with van der Waals surface area (Å²) in [5, 5.41) is 0.194. The molecule has 0 aliphatic carbocycles. The normalized spacial score (nSPS) is 30.6. The van der Waals surface area contributed by atoms with Gasteiger partial charge in [-0.15, -0.1) is 6.58 Å². The zero-order chi connectivity index (χ0) is 13.3. The second-order valence-electron chi connectivity index (χ2n) is 6.15. The van der Waals surface area contributed by atoms with E-state index >= 15 is 0 Å². The molecule has 0 aromatic carbocycles.